The first-order chi connectivity index (χ1) is 7.81. The molecule has 1 aromatic rings. The molecule has 1 aliphatic carbocycles. The van der Waals surface area contributed by atoms with Crippen molar-refractivity contribution in [2.24, 2.45) is 7.05 Å². The Kier molecular flexibility index (Phi) is 4.29. The number of thioether (sulfide) groups is 1. The average molecular weight is 239 g/mol. The highest BCUT2D eigenvalue weighted by Crippen LogP contribution is 2.27. The number of hydrogen-bond donors (Lipinski definition) is 1. The molecule has 0 amide bonds. The highest BCUT2D eigenvalue weighted by molar-refractivity contribution is 7.99. The fourth-order valence-corrected chi connectivity index (χ4v) is 3.39. The van der Waals surface area contributed by atoms with Crippen LogP contribution in [0.2, 0.25) is 0 Å². The van der Waals surface area contributed by atoms with Crippen molar-refractivity contribution in [3.05, 3.63) is 18.0 Å². The molecule has 0 radical (unpaired) electrons. The van der Waals surface area contributed by atoms with E-state index in [1.165, 1.54) is 31.4 Å². The maximum atomic E-state index is 4.19. The molecule has 1 aliphatic rings. The lowest BCUT2D eigenvalue weighted by atomic mass is 9.95. The minimum atomic E-state index is 0.679. The molecular formula is C12H21N3S. The van der Waals surface area contributed by atoms with Gasteiger partial charge in [-0.25, -0.2) is 0 Å². The first-order valence-electron chi connectivity index (χ1n) is 6.04. The maximum Gasteiger partial charge on any atom is 0.0518 e. The summed E-state index contributed by atoms with van der Waals surface area (Å²) in [4.78, 5) is 0. The van der Waals surface area contributed by atoms with Gasteiger partial charge in [0.2, 0.25) is 0 Å². The third-order valence-electron chi connectivity index (χ3n) is 3.47. The zero-order valence-corrected chi connectivity index (χ0v) is 11.0. The molecule has 1 saturated carbocycles. The van der Waals surface area contributed by atoms with E-state index in [0.29, 0.717) is 6.04 Å². The Balaban J connectivity index is 1.86. The topological polar surface area (TPSA) is 29.9 Å². The largest absolute Gasteiger partial charge is 0.307 e. The molecule has 2 unspecified atom stereocenters. The number of rotatable bonds is 4. The van der Waals surface area contributed by atoms with E-state index < -0.39 is 0 Å². The SMILES string of the molecule is CSC1CCCCC1NCc1ccnn1C. The van der Waals surface area contributed by atoms with Crippen LogP contribution in [0, 0.1) is 0 Å². The Morgan fingerprint density at radius 3 is 3.00 bits per heavy atom. The van der Waals surface area contributed by atoms with Crippen molar-refractivity contribution >= 4 is 11.8 Å². The van der Waals surface area contributed by atoms with Crippen molar-refractivity contribution in [3.63, 3.8) is 0 Å². The van der Waals surface area contributed by atoms with Crippen molar-refractivity contribution in [2.75, 3.05) is 6.26 Å². The Bertz CT molecular complexity index is 324. The molecule has 0 aromatic carbocycles. The van der Waals surface area contributed by atoms with Crippen molar-refractivity contribution in [1.82, 2.24) is 15.1 Å². The molecule has 0 bridgehead atoms. The van der Waals surface area contributed by atoms with Crippen molar-refractivity contribution in [2.45, 2.75) is 43.5 Å². The minimum absolute atomic E-state index is 0.679. The molecule has 2 rings (SSSR count). The van der Waals surface area contributed by atoms with Gasteiger partial charge in [-0.1, -0.05) is 12.8 Å². The molecule has 0 spiro atoms. The van der Waals surface area contributed by atoms with E-state index in [1.807, 2.05) is 29.7 Å². The van der Waals surface area contributed by atoms with E-state index >= 15 is 0 Å². The predicted molar refractivity (Wildman–Crippen MR) is 69.6 cm³/mol. The van der Waals surface area contributed by atoms with Crippen molar-refractivity contribution < 1.29 is 0 Å². The quantitative estimate of drug-likeness (QED) is 0.873. The molecule has 1 N–H and O–H groups in total. The summed E-state index contributed by atoms with van der Waals surface area (Å²) in [5, 5.41) is 8.67. The number of nitrogens with zero attached hydrogens (tertiary/aromatic N) is 2. The lowest BCUT2D eigenvalue weighted by Gasteiger charge is -2.31. The summed E-state index contributed by atoms with van der Waals surface area (Å²) < 4.78 is 1.95. The fourth-order valence-electron chi connectivity index (χ4n) is 2.42. The van der Waals surface area contributed by atoms with E-state index in [0.717, 1.165) is 11.8 Å². The lowest BCUT2D eigenvalue weighted by molar-refractivity contribution is 0.379. The summed E-state index contributed by atoms with van der Waals surface area (Å²) in [5.41, 5.74) is 1.27. The van der Waals surface area contributed by atoms with Gasteiger partial charge in [-0.3, -0.25) is 4.68 Å². The Labute approximate surface area is 102 Å². The van der Waals surface area contributed by atoms with Crippen LogP contribution in [0.3, 0.4) is 0 Å². The number of nitrogens with one attached hydrogen (secondary N) is 1. The second kappa shape index (κ2) is 5.73. The predicted octanol–water partition coefficient (Wildman–Crippen LogP) is 2.18. The van der Waals surface area contributed by atoms with Crippen molar-refractivity contribution in [1.29, 1.82) is 0 Å². The van der Waals surface area contributed by atoms with Gasteiger partial charge < -0.3 is 5.32 Å². The van der Waals surface area contributed by atoms with Crippen LogP contribution in [0.5, 0.6) is 0 Å². The first-order valence-corrected chi connectivity index (χ1v) is 7.33. The minimum Gasteiger partial charge on any atom is -0.307 e. The van der Waals surface area contributed by atoms with Gasteiger partial charge in [0, 0.05) is 31.1 Å². The van der Waals surface area contributed by atoms with Gasteiger partial charge in [0.25, 0.3) is 0 Å². The van der Waals surface area contributed by atoms with Gasteiger partial charge in [-0.15, -0.1) is 0 Å². The van der Waals surface area contributed by atoms with E-state index in [1.54, 1.807) is 0 Å². The van der Waals surface area contributed by atoms with Gasteiger partial charge in [0.15, 0.2) is 0 Å². The number of aromatic nitrogens is 2. The van der Waals surface area contributed by atoms with Gasteiger partial charge in [0.1, 0.15) is 0 Å². The number of hydrogen-bond acceptors (Lipinski definition) is 3. The standard InChI is InChI=1S/C12H21N3S/c1-15-10(7-8-14-15)9-13-11-5-3-4-6-12(11)16-2/h7-8,11-13H,3-6,9H2,1-2H3. The second-order valence-corrected chi connectivity index (χ2v) is 5.57. The van der Waals surface area contributed by atoms with E-state index in [9.17, 15) is 0 Å². The summed E-state index contributed by atoms with van der Waals surface area (Å²) >= 11 is 2.01. The van der Waals surface area contributed by atoms with Crippen LogP contribution >= 0.6 is 11.8 Å². The summed E-state index contributed by atoms with van der Waals surface area (Å²) in [6, 6.07) is 2.77. The summed E-state index contributed by atoms with van der Waals surface area (Å²) in [6.07, 6.45) is 9.56. The summed E-state index contributed by atoms with van der Waals surface area (Å²) in [7, 11) is 2.00. The molecule has 90 valence electrons. The van der Waals surface area contributed by atoms with Gasteiger partial charge in [0.05, 0.1) is 5.69 Å². The Morgan fingerprint density at radius 2 is 2.31 bits per heavy atom. The third kappa shape index (κ3) is 2.80. The third-order valence-corrected chi connectivity index (χ3v) is 4.64. The highest BCUT2D eigenvalue weighted by atomic mass is 32.2. The molecular weight excluding hydrogens is 218 g/mol. The zero-order valence-electron chi connectivity index (χ0n) is 10.1. The summed E-state index contributed by atoms with van der Waals surface area (Å²) in [6.45, 7) is 0.943. The Morgan fingerprint density at radius 1 is 1.50 bits per heavy atom. The highest BCUT2D eigenvalue weighted by Gasteiger charge is 2.23. The zero-order chi connectivity index (χ0) is 11.4. The van der Waals surface area contributed by atoms with Crippen LogP contribution in [0.4, 0.5) is 0 Å². The second-order valence-electron chi connectivity index (χ2n) is 4.49. The van der Waals surface area contributed by atoms with Crippen LogP contribution in [0.15, 0.2) is 12.3 Å². The normalized spacial score (nSPS) is 25.9. The molecule has 0 aliphatic heterocycles. The molecule has 2 atom stereocenters. The first kappa shape index (κ1) is 12.0. The van der Waals surface area contributed by atoms with E-state index in [2.05, 4.69) is 22.7 Å². The maximum absolute atomic E-state index is 4.19. The van der Waals surface area contributed by atoms with E-state index in [-0.39, 0.29) is 0 Å². The molecule has 4 heteroatoms. The molecule has 16 heavy (non-hydrogen) atoms. The van der Waals surface area contributed by atoms with Crippen molar-refractivity contribution in [3.8, 4) is 0 Å². The van der Waals surface area contributed by atoms with Gasteiger partial charge in [-0.05, 0) is 25.2 Å². The average Bonchev–Trinajstić information content (AvgIpc) is 2.72. The van der Waals surface area contributed by atoms with Gasteiger partial charge >= 0.3 is 0 Å². The van der Waals surface area contributed by atoms with Crippen LogP contribution < -0.4 is 5.32 Å². The fraction of sp³-hybridized carbons (Fsp3) is 0.750. The number of aryl methyl sites for hydroxylation is 1. The van der Waals surface area contributed by atoms with Crippen LogP contribution in [-0.4, -0.2) is 27.3 Å². The smallest absolute Gasteiger partial charge is 0.0518 e. The molecule has 3 nitrogen and oxygen atoms in total. The molecule has 0 saturated heterocycles. The monoisotopic (exact) mass is 239 g/mol. The molecule has 1 fully saturated rings. The Hall–Kier alpha value is -0.480. The van der Waals surface area contributed by atoms with Crippen LogP contribution in [0.25, 0.3) is 0 Å². The molecule has 1 aromatic heterocycles. The lowest BCUT2D eigenvalue weighted by Crippen LogP contribution is -2.40. The summed E-state index contributed by atoms with van der Waals surface area (Å²) in [5.74, 6) is 0. The van der Waals surface area contributed by atoms with E-state index in [4.69, 9.17) is 0 Å². The van der Waals surface area contributed by atoms with Crippen LogP contribution in [0.1, 0.15) is 31.4 Å². The van der Waals surface area contributed by atoms with Crippen LogP contribution in [-0.2, 0) is 13.6 Å². The molecule has 1 heterocycles. The van der Waals surface area contributed by atoms with Gasteiger partial charge in [-0.2, -0.15) is 16.9 Å².